The summed E-state index contributed by atoms with van der Waals surface area (Å²) < 4.78 is 14.8. The Morgan fingerprint density at radius 3 is 2.81 bits per heavy atom. The van der Waals surface area contributed by atoms with E-state index in [-0.39, 0.29) is 11.6 Å². The third-order valence-electron chi connectivity index (χ3n) is 3.96. The first-order valence-corrected chi connectivity index (χ1v) is 8.76. The van der Waals surface area contributed by atoms with Gasteiger partial charge >= 0.3 is 0 Å². The van der Waals surface area contributed by atoms with E-state index in [0.29, 0.717) is 17.1 Å². The van der Waals surface area contributed by atoms with Crippen molar-refractivity contribution in [1.29, 1.82) is 0 Å². The summed E-state index contributed by atoms with van der Waals surface area (Å²) in [6.45, 7) is 2.02. The second kappa shape index (κ2) is 6.64. The Kier molecular flexibility index (Phi) is 4.18. The highest BCUT2D eigenvalue weighted by Gasteiger charge is 2.12. The van der Waals surface area contributed by atoms with Crippen molar-refractivity contribution < 1.29 is 9.18 Å². The average Bonchev–Trinajstić information content (AvgIpc) is 3.36. The Balaban J connectivity index is 1.57. The van der Waals surface area contributed by atoms with Gasteiger partial charge in [0, 0.05) is 22.1 Å². The van der Waals surface area contributed by atoms with Gasteiger partial charge in [0.2, 0.25) is 0 Å². The van der Waals surface area contributed by atoms with Crippen LogP contribution in [0.15, 0.2) is 48.1 Å². The zero-order valence-corrected chi connectivity index (χ0v) is 14.6. The molecule has 1 aromatic carbocycles. The fourth-order valence-electron chi connectivity index (χ4n) is 2.64. The summed E-state index contributed by atoms with van der Waals surface area (Å²) in [5, 5.41) is 17.3. The molecule has 8 heteroatoms. The highest BCUT2D eigenvalue weighted by atomic mass is 32.1. The molecule has 0 amide bonds. The SMILES string of the molecule is CC(=O)c1cc(-c2cn(Cc3cn[nH]c3-c3ccc(F)cc3)nn2)cs1. The number of benzene rings is 1. The first kappa shape index (κ1) is 16.3. The quantitative estimate of drug-likeness (QED) is 0.545. The number of aromatic amines is 1. The molecule has 6 nitrogen and oxygen atoms in total. The summed E-state index contributed by atoms with van der Waals surface area (Å²) >= 11 is 1.40. The number of thiophene rings is 1. The second-order valence-electron chi connectivity index (χ2n) is 5.83. The Hall–Kier alpha value is -3.13. The molecule has 0 saturated heterocycles. The van der Waals surface area contributed by atoms with E-state index in [4.69, 9.17) is 0 Å². The first-order valence-electron chi connectivity index (χ1n) is 7.88. The Morgan fingerprint density at radius 2 is 2.08 bits per heavy atom. The molecule has 4 rings (SSSR count). The summed E-state index contributed by atoms with van der Waals surface area (Å²) in [7, 11) is 0. The highest BCUT2D eigenvalue weighted by molar-refractivity contribution is 7.12. The minimum Gasteiger partial charge on any atom is -0.294 e. The maximum absolute atomic E-state index is 13.1. The van der Waals surface area contributed by atoms with Crippen LogP contribution in [0.4, 0.5) is 4.39 Å². The molecule has 26 heavy (non-hydrogen) atoms. The number of rotatable bonds is 5. The van der Waals surface area contributed by atoms with Crippen LogP contribution in [-0.2, 0) is 6.54 Å². The molecule has 4 aromatic rings. The lowest BCUT2D eigenvalue weighted by Crippen LogP contribution is -2.01. The second-order valence-corrected chi connectivity index (χ2v) is 6.75. The highest BCUT2D eigenvalue weighted by Crippen LogP contribution is 2.25. The van der Waals surface area contributed by atoms with Gasteiger partial charge in [-0.05, 0) is 37.3 Å². The molecule has 0 bridgehead atoms. The van der Waals surface area contributed by atoms with E-state index in [9.17, 15) is 9.18 Å². The van der Waals surface area contributed by atoms with Gasteiger partial charge in [-0.25, -0.2) is 9.07 Å². The normalized spacial score (nSPS) is 11.0. The number of carbonyl (C=O) groups is 1. The molecule has 0 radical (unpaired) electrons. The van der Waals surface area contributed by atoms with Crippen LogP contribution in [0, 0.1) is 5.82 Å². The minimum absolute atomic E-state index is 0.0379. The van der Waals surface area contributed by atoms with Gasteiger partial charge in [0.1, 0.15) is 11.5 Å². The third kappa shape index (κ3) is 3.18. The topological polar surface area (TPSA) is 76.5 Å². The molecule has 0 spiro atoms. The lowest BCUT2D eigenvalue weighted by molar-refractivity contribution is 0.102. The van der Waals surface area contributed by atoms with Crippen molar-refractivity contribution in [3.8, 4) is 22.5 Å². The predicted molar refractivity (Wildman–Crippen MR) is 96.4 cm³/mol. The predicted octanol–water partition coefficient (Wildman–Crippen LogP) is 3.79. The van der Waals surface area contributed by atoms with Crippen LogP contribution >= 0.6 is 11.3 Å². The van der Waals surface area contributed by atoms with E-state index in [2.05, 4.69) is 20.5 Å². The monoisotopic (exact) mass is 367 g/mol. The largest absolute Gasteiger partial charge is 0.294 e. The Morgan fingerprint density at radius 1 is 1.27 bits per heavy atom. The molecular weight excluding hydrogens is 353 g/mol. The van der Waals surface area contributed by atoms with E-state index < -0.39 is 0 Å². The van der Waals surface area contributed by atoms with Crippen LogP contribution in [0.5, 0.6) is 0 Å². The van der Waals surface area contributed by atoms with E-state index in [1.165, 1.54) is 23.5 Å². The van der Waals surface area contributed by atoms with Gasteiger partial charge in [0.15, 0.2) is 5.78 Å². The summed E-state index contributed by atoms with van der Waals surface area (Å²) in [6.07, 6.45) is 3.55. The number of Topliss-reactive ketones (excluding diaryl/α,β-unsaturated/α-hetero) is 1. The van der Waals surface area contributed by atoms with Crippen molar-refractivity contribution in [3.63, 3.8) is 0 Å². The average molecular weight is 367 g/mol. The molecule has 3 heterocycles. The first-order chi connectivity index (χ1) is 12.6. The van der Waals surface area contributed by atoms with Gasteiger partial charge in [-0.15, -0.1) is 16.4 Å². The number of hydrogen-bond acceptors (Lipinski definition) is 5. The smallest absolute Gasteiger partial charge is 0.169 e. The number of H-pyrrole nitrogens is 1. The van der Waals surface area contributed by atoms with E-state index in [1.807, 2.05) is 17.6 Å². The van der Waals surface area contributed by atoms with Crippen LogP contribution in [0.25, 0.3) is 22.5 Å². The van der Waals surface area contributed by atoms with E-state index >= 15 is 0 Å². The molecule has 0 atom stereocenters. The number of nitrogens with zero attached hydrogens (tertiary/aromatic N) is 4. The van der Waals surface area contributed by atoms with Crippen molar-refractivity contribution >= 4 is 17.1 Å². The molecule has 0 unspecified atom stereocenters. The third-order valence-corrected chi connectivity index (χ3v) is 4.99. The fourth-order valence-corrected chi connectivity index (χ4v) is 3.44. The maximum atomic E-state index is 13.1. The zero-order valence-electron chi connectivity index (χ0n) is 13.8. The number of aromatic nitrogens is 5. The Labute approximate surface area is 152 Å². The van der Waals surface area contributed by atoms with Gasteiger partial charge in [0.05, 0.1) is 29.5 Å². The molecule has 1 N–H and O–H groups in total. The van der Waals surface area contributed by atoms with Crippen LogP contribution < -0.4 is 0 Å². The minimum atomic E-state index is -0.281. The molecule has 0 saturated carbocycles. The van der Waals surface area contributed by atoms with E-state index in [1.54, 1.807) is 29.9 Å². The van der Waals surface area contributed by atoms with Gasteiger partial charge in [-0.1, -0.05) is 5.21 Å². The van der Waals surface area contributed by atoms with Crippen molar-refractivity contribution in [3.05, 3.63) is 64.4 Å². The Bertz CT molecular complexity index is 1060. The summed E-state index contributed by atoms with van der Waals surface area (Å²) in [5.74, 6) is -0.243. The van der Waals surface area contributed by atoms with Crippen molar-refractivity contribution in [1.82, 2.24) is 25.2 Å². The molecule has 0 fully saturated rings. The van der Waals surface area contributed by atoms with Crippen molar-refractivity contribution in [2.75, 3.05) is 0 Å². The van der Waals surface area contributed by atoms with Crippen LogP contribution in [0.3, 0.4) is 0 Å². The standard InChI is InChI=1S/C18H14FN5OS/c1-11(25)17-6-13(10-26-17)16-9-24(23-21-16)8-14-7-20-22-18(14)12-2-4-15(19)5-3-12/h2-7,9-10H,8H2,1H3,(H,20,22). The lowest BCUT2D eigenvalue weighted by atomic mass is 10.1. The zero-order chi connectivity index (χ0) is 18.1. The van der Waals surface area contributed by atoms with Crippen LogP contribution in [0.1, 0.15) is 22.2 Å². The number of nitrogens with one attached hydrogen (secondary N) is 1. The van der Waals surface area contributed by atoms with Gasteiger partial charge < -0.3 is 0 Å². The maximum Gasteiger partial charge on any atom is 0.169 e. The molecule has 3 aromatic heterocycles. The van der Waals surface area contributed by atoms with Crippen LogP contribution in [0.2, 0.25) is 0 Å². The summed E-state index contributed by atoms with van der Waals surface area (Å²) in [4.78, 5) is 12.1. The van der Waals surface area contributed by atoms with E-state index in [0.717, 1.165) is 22.4 Å². The van der Waals surface area contributed by atoms with Gasteiger partial charge in [-0.3, -0.25) is 9.89 Å². The number of halogens is 1. The summed E-state index contributed by atoms with van der Waals surface area (Å²) in [6, 6.07) is 8.05. The van der Waals surface area contributed by atoms with Crippen LogP contribution in [-0.4, -0.2) is 31.0 Å². The molecule has 0 aliphatic carbocycles. The number of ketones is 1. The fraction of sp³-hybridized carbons (Fsp3) is 0.111. The lowest BCUT2D eigenvalue weighted by Gasteiger charge is -2.03. The molecule has 0 aliphatic heterocycles. The molecular formula is C18H14FN5OS. The van der Waals surface area contributed by atoms with Gasteiger partial charge in [-0.2, -0.15) is 5.10 Å². The summed E-state index contributed by atoms with van der Waals surface area (Å²) in [5.41, 5.74) is 4.17. The molecule has 130 valence electrons. The van der Waals surface area contributed by atoms with Crippen molar-refractivity contribution in [2.24, 2.45) is 0 Å². The number of carbonyl (C=O) groups excluding carboxylic acids is 1. The number of hydrogen-bond donors (Lipinski definition) is 1. The van der Waals surface area contributed by atoms with Crippen molar-refractivity contribution in [2.45, 2.75) is 13.5 Å². The van der Waals surface area contributed by atoms with Gasteiger partial charge in [0.25, 0.3) is 0 Å². The molecule has 0 aliphatic rings.